The third kappa shape index (κ3) is 3.05. The minimum Gasteiger partial charge on any atom is -0.379 e. The fourth-order valence-corrected chi connectivity index (χ4v) is 2.33. The number of piperidine rings is 1. The summed E-state index contributed by atoms with van der Waals surface area (Å²) in [7, 11) is 0. The van der Waals surface area contributed by atoms with Gasteiger partial charge in [0.1, 0.15) is 0 Å². The van der Waals surface area contributed by atoms with E-state index in [4.69, 9.17) is 5.73 Å². The Labute approximate surface area is 107 Å². The number of primary amides is 1. The quantitative estimate of drug-likeness (QED) is 0.783. The Bertz CT molecular complexity index is 410. The molecule has 5 heteroatoms. The lowest BCUT2D eigenvalue weighted by Gasteiger charge is -2.36. The zero-order chi connectivity index (χ0) is 13.0. The van der Waals surface area contributed by atoms with Crippen LogP contribution in [-0.2, 0) is 11.2 Å². The van der Waals surface area contributed by atoms with Gasteiger partial charge in [0.05, 0.1) is 0 Å². The van der Waals surface area contributed by atoms with Crippen molar-refractivity contribution < 1.29 is 9.90 Å². The number of nitrogens with zero attached hydrogens (tertiary/aromatic N) is 2. The molecule has 2 rings (SSSR count). The lowest BCUT2D eigenvalue weighted by atomic mass is 9.92. The van der Waals surface area contributed by atoms with Crippen LogP contribution in [-0.4, -0.2) is 46.1 Å². The second-order valence-electron chi connectivity index (χ2n) is 4.85. The number of aromatic nitrogens is 1. The van der Waals surface area contributed by atoms with Gasteiger partial charge >= 0.3 is 0 Å². The highest BCUT2D eigenvalue weighted by molar-refractivity contribution is 5.83. The van der Waals surface area contributed by atoms with Crippen LogP contribution in [0.4, 0.5) is 0 Å². The van der Waals surface area contributed by atoms with E-state index in [1.807, 2.05) is 18.2 Å². The number of hydrogen-bond acceptors (Lipinski definition) is 4. The molecule has 5 nitrogen and oxygen atoms in total. The molecule has 1 atom stereocenters. The molecule has 0 radical (unpaired) electrons. The van der Waals surface area contributed by atoms with Crippen LogP contribution in [0.25, 0.3) is 0 Å². The summed E-state index contributed by atoms with van der Waals surface area (Å²) in [5.41, 5.74) is 4.90. The first kappa shape index (κ1) is 13.0. The maximum Gasteiger partial charge on any atom is 0.250 e. The van der Waals surface area contributed by atoms with Gasteiger partial charge in [-0.15, -0.1) is 0 Å². The van der Waals surface area contributed by atoms with E-state index < -0.39 is 11.5 Å². The minimum atomic E-state index is -1.36. The number of rotatable bonds is 4. The summed E-state index contributed by atoms with van der Waals surface area (Å²) in [4.78, 5) is 17.6. The van der Waals surface area contributed by atoms with Crippen molar-refractivity contribution in [1.82, 2.24) is 9.88 Å². The van der Waals surface area contributed by atoms with Gasteiger partial charge in [0.25, 0.3) is 5.91 Å². The van der Waals surface area contributed by atoms with E-state index in [9.17, 15) is 9.90 Å². The maximum atomic E-state index is 11.2. The number of likely N-dealkylation sites (tertiary alicyclic amines) is 1. The SMILES string of the molecule is NC(=O)C1(O)CCCN(CCc2ccccn2)C1. The Balaban J connectivity index is 1.89. The smallest absolute Gasteiger partial charge is 0.250 e. The Kier molecular flexibility index (Phi) is 3.93. The van der Waals surface area contributed by atoms with Crippen molar-refractivity contribution in [2.45, 2.75) is 24.9 Å². The van der Waals surface area contributed by atoms with Gasteiger partial charge in [-0.2, -0.15) is 0 Å². The molecule has 0 spiro atoms. The number of carbonyl (C=O) groups is 1. The number of aliphatic hydroxyl groups is 1. The second-order valence-corrected chi connectivity index (χ2v) is 4.85. The van der Waals surface area contributed by atoms with E-state index in [0.29, 0.717) is 13.0 Å². The Morgan fingerprint density at radius 1 is 1.56 bits per heavy atom. The van der Waals surface area contributed by atoms with E-state index in [2.05, 4.69) is 9.88 Å². The molecular weight excluding hydrogens is 230 g/mol. The summed E-state index contributed by atoms with van der Waals surface area (Å²) in [5, 5.41) is 10.1. The number of nitrogens with two attached hydrogens (primary N) is 1. The molecule has 18 heavy (non-hydrogen) atoms. The van der Waals surface area contributed by atoms with Gasteiger partial charge < -0.3 is 10.8 Å². The van der Waals surface area contributed by atoms with Gasteiger partial charge in [0.2, 0.25) is 0 Å². The molecule has 1 amide bonds. The lowest BCUT2D eigenvalue weighted by Crippen LogP contribution is -2.56. The predicted molar refractivity (Wildman–Crippen MR) is 67.8 cm³/mol. The molecular formula is C13H19N3O2. The summed E-state index contributed by atoms with van der Waals surface area (Å²) in [6.45, 7) is 2.00. The van der Waals surface area contributed by atoms with Gasteiger partial charge in [0.15, 0.2) is 5.60 Å². The summed E-state index contributed by atoms with van der Waals surface area (Å²) in [5.74, 6) is -0.620. The van der Waals surface area contributed by atoms with Crippen molar-refractivity contribution in [3.63, 3.8) is 0 Å². The van der Waals surface area contributed by atoms with Crippen LogP contribution in [0, 0.1) is 0 Å². The van der Waals surface area contributed by atoms with Gasteiger partial charge in [-0.05, 0) is 31.5 Å². The minimum absolute atomic E-state index is 0.329. The molecule has 1 aliphatic heterocycles. The topological polar surface area (TPSA) is 79.5 Å². The molecule has 0 bridgehead atoms. The third-order valence-electron chi connectivity index (χ3n) is 3.42. The van der Waals surface area contributed by atoms with Crippen LogP contribution in [0.3, 0.4) is 0 Å². The molecule has 1 aromatic rings. The average molecular weight is 249 g/mol. The van der Waals surface area contributed by atoms with Crippen LogP contribution < -0.4 is 5.73 Å². The summed E-state index contributed by atoms with van der Waals surface area (Å²) in [6.07, 6.45) is 3.84. The molecule has 0 aromatic carbocycles. The highest BCUT2D eigenvalue weighted by atomic mass is 16.3. The molecule has 0 saturated carbocycles. The Morgan fingerprint density at radius 2 is 2.39 bits per heavy atom. The fraction of sp³-hybridized carbons (Fsp3) is 0.538. The number of β-amino-alcohol motifs (C(OH)–C–C–N with tert-alkyl or cyclic N) is 1. The van der Waals surface area contributed by atoms with Gasteiger partial charge in [-0.1, -0.05) is 6.07 Å². The molecule has 1 aliphatic rings. The first-order valence-electron chi connectivity index (χ1n) is 6.25. The fourth-order valence-electron chi connectivity index (χ4n) is 2.33. The third-order valence-corrected chi connectivity index (χ3v) is 3.42. The molecule has 2 heterocycles. The zero-order valence-corrected chi connectivity index (χ0v) is 10.4. The Morgan fingerprint density at radius 3 is 3.06 bits per heavy atom. The molecule has 1 saturated heterocycles. The molecule has 1 unspecified atom stereocenters. The van der Waals surface area contributed by atoms with Crippen LogP contribution in [0.5, 0.6) is 0 Å². The normalized spacial score (nSPS) is 24.9. The van der Waals surface area contributed by atoms with E-state index in [0.717, 1.165) is 31.6 Å². The number of amides is 1. The standard InChI is InChI=1S/C13H19N3O2/c14-12(17)13(18)6-3-8-16(10-13)9-5-11-4-1-2-7-15-11/h1-2,4,7,18H,3,5-6,8-10H2,(H2,14,17). The van der Waals surface area contributed by atoms with E-state index in [-0.39, 0.29) is 0 Å². The molecule has 0 aliphatic carbocycles. The number of pyridine rings is 1. The van der Waals surface area contributed by atoms with Gasteiger partial charge in [-0.3, -0.25) is 14.7 Å². The highest BCUT2D eigenvalue weighted by Crippen LogP contribution is 2.20. The number of carbonyl (C=O) groups excluding carboxylic acids is 1. The summed E-state index contributed by atoms with van der Waals surface area (Å²) >= 11 is 0. The second kappa shape index (κ2) is 5.46. The predicted octanol–water partition coefficient (Wildman–Crippen LogP) is -0.0637. The first-order valence-corrected chi connectivity index (χ1v) is 6.25. The van der Waals surface area contributed by atoms with Crippen molar-refractivity contribution in [2.24, 2.45) is 5.73 Å². The van der Waals surface area contributed by atoms with E-state index in [1.54, 1.807) is 6.20 Å². The van der Waals surface area contributed by atoms with E-state index in [1.165, 1.54) is 0 Å². The first-order chi connectivity index (χ1) is 8.60. The monoisotopic (exact) mass is 249 g/mol. The molecule has 3 N–H and O–H groups in total. The molecule has 1 fully saturated rings. The van der Waals surface area contributed by atoms with Crippen molar-refractivity contribution in [1.29, 1.82) is 0 Å². The van der Waals surface area contributed by atoms with Gasteiger partial charge in [-0.25, -0.2) is 0 Å². The zero-order valence-electron chi connectivity index (χ0n) is 10.4. The average Bonchev–Trinajstić information content (AvgIpc) is 2.38. The highest BCUT2D eigenvalue weighted by Gasteiger charge is 2.38. The van der Waals surface area contributed by atoms with E-state index >= 15 is 0 Å². The summed E-state index contributed by atoms with van der Waals surface area (Å²) < 4.78 is 0. The van der Waals surface area contributed by atoms with Crippen LogP contribution >= 0.6 is 0 Å². The lowest BCUT2D eigenvalue weighted by molar-refractivity contribution is -0.142. The molecule has 98 valence electrons. The Hall–Kier alpha value is -1.46. The van der Waals surface area contributed by atoms with Crippen molar-refractivity contribution in [3.05, 3.63) is 30.1 Å². The van der Waals surface area contributed by atoms with Crippen LogP contribution in [0.2, 0.25) is 0 Å². The van der Waals surface area contributed by atoms with Crippen molar-refractivity contribution in [3.8, 4) is 0 Å². The largest absolute Gasteiger partial charge is 0.379 e. The number of hydrogen-bond donors (Lipinski definition) is 2. The van der Waals surface area contributed by atoms with Crippen LogP contribution in [0.15, 0.2) is 24.4 Å². The maximum absolute atomic E-state index is 11.2. The van der Waals surface area contributed by atoms with Gasteiger partial charge in [0, 0.05) is 31.4 Å². The summed E-state index contributed by atoms with van der Waals surface area (Å²) in [6, 6.07) is 5.82. The van der Waals surface area contributed by atoms with Crippen LogP contribution in [0.1, 0.15) is 18.5 Å². The van der Waals surface area contributed by atoms with Crippen molar-refractivity contribution in [2.75, 3.05) is 19.6 Å². The molecule has 1 aromatic heterocycles. The van der Waals surface area contributed by atoms with Crippen molar-refractivity contribution >= 4 is 5.91 Å².